The van der Waals surface area contributed by atoms with Crippen molar-refractivity contribution in [2.24, 2.45) is 0 Å². The van der Waals surface area contributed by atoms with Gasteiger partial charge in [0.15, 0.2) is 5.13 Å². The topological polar surface area (TPSA) is 85.1 Å². The van der Waals surface area contributed by atoms with Crippen molar-refractivity contribution in [2.45, 2.75) is 24.2 Å². The number of anilines is 2. The zero-order valence-corrected chi connectivity index (χ0v) is 12.8. The lowest BCUT2D eigenvalue weighted by Gasteiger charge is -2.06. The van der Waals surface area contributed by atoms with Gasteiger partial charge in [-0.25, -0.2) is 13.4 Å². The van der Waals surface area contributed by atoms with Gasteiger partial charge >= 0.3 is 0 Å². The second kappa shape index (κ2) is 4.91. The van der Waals surface area contributed by atoms with Crippen LogP contribution < -0.4 is 10.5 Å². The van der Waals surface area contributed by atoms with E-state index in [9.17, 15) is 8.42 Å². The highest BCUT2D eigenvalue weighted by atomic mass is 35.5. The van der Waals surface area contributed by atoms with Crippen molar-refractivity contribution in [1.29, 1.82) is 0 Å². The number of nitrogens with two attached hydrogens (primary N) is 1. The largest absolute Gasteiger partial charge is 0.397 e. The smallest absolute Gasteiger partial charge is 0.263 e. The van der Waals surface area contributed by atoms with Crippen LogP contribution in [0.15, 0.2) is 23.1 Å². The average molecular weight is 330 g/mol. The molecule has 0 unspecified atom stereocenters. The van der Waals surface area contributed by atoms with Gasteiger partial charge in [-0.05, 0) is 37.5 Å². The van der Waals surface area contributed by atoms with Crippen LogP contribution in [0.25, 0.3) is 0 Å². The Morgan fingerprint density at radius 3 is 2.85 bits per heavy atom. The Bertz CT molecular complexity index is 750. The van der Waals surface area contributed by atoms with Crippen LogP contribution in [-0.4, -0.2) is 13.4 Å². The molecule has 3 rings (SSSR count). The monoisotopic (exact) mass is 329 g/mol. The number of aromatic nitrogens is 1. The number of rotatable bonds is 3. The van der Waals surface area contributed by atoms with Gasteiger partial charge in [0.25, 0.3) is 10.0 Å². The number of nitrogen functional groups attached to an aromatic ring is 1. The van der Waals surface area contributed by atoms with Crippen molar-refractivity contribution in [3.05, 3.63) is 33.8 Å². The minimum atomic E-state index is -3.68. The summed E-state index contributed by atoms with van der Waals surface area (Å²) in [5.41, 5.74) is 6.87. The fraction of sp³-hybridized carbons (Fsp3) is 0.250. The van der Waals surface area contributed by atoms with E-state index >= 15 is 0 Å². The first-order valence-corrected chi connectivity index (χ1v) is 8.70. The minimum Gasteiger partial charge on any atom is -0.397 e. The number of sulfonamides is 1. The summed E-state index contributed by atoms with van der Waals surface area (Å²) in [7, 11) is -3.68. The van der Waals surface area contributed by atoms with E-state index in [-0.39, 0.29) is 10.6 Å². The van der Waals surface area contributed by atoms with Gasteiger partial charge in [0.1, 0.15) is 0 Å². The molecule has 1 heterocycles. The van der Waals surface area contributed by atoms with E-state index in [0.29, 0.717) is 10.2 Å². The van der Waals surface area contributed by atoms with Crippen LogP contribution in [0.2, 0.25) is 5.02 Å². The summed E-state index contributed by atoms with van der Waals surface area (Å²) >= 11 is 7.18. The Balaban J connectivity index is 1.89. The quantitative estimate of drug-likeness (QED) is 0.848. The summed E-state index contributed by atoms with van der Waals surface area (Å²) in [5, 5.41) is 0.736. The summed E-state index contributed by atoms with van der Waals surface area (Å²) in [6.07, 6.45) is 2.99. The van der Waals surface area contributed by atoms with Crippen LogP contribution >= 0.6 is 22.9 Å². The number of nitrogens with zero attached hydrogens (tertiary/aromatic N) is 1. The van der Waals surface area contributed by atoms with Crippen molar-refractivity contribution >= 4 is 43.8 Å². The van der Waals surface area contributed by atoms with E-state index < -0.39 is 10.0 Å². The van der Waals surface area contributed by atoms with E-state index in [1.54, 1.807) is 0 Å². The third kappa shape index (κ3) is 2.48. The van der Waals surface area contributed by atoms with Gasteiger partial charge in [-0.3, -0.25) is 4.72 Å². The molecule has 0 spiro atoms. The number of aryl methyl sites for hydroxylation is 2. The summed E-state index contributed by atoms with van der Waals surface area (Å²) in [6, 6.07) is 4.22. The first kappa shape index (κ1) is 13.7. The van der Waals surface area contributed by atoms with Crippen LogP contribution in [0.3, 0.4) is 0 Å². The van der Waals surface area contributed by atoms with Gasteiger partial charge in [-0.2, -0.15) is 0 Å². The first-order valence-electron chi connectivity index (χ1n) is 6.02. The molecule has 0 fully saturated rings. The molecule has 0 saturated heterocycles. The maximum atomic E-state index is 12.2. The standard InChI is InChI=1S/C12H12ClN3O2S2/c13-8-5-4-7(6-9(8)14)20(17,18)16-12-15-10-2-1-3-11(10)19-12/h4-6H,1-3,14H2,(H,15,16). The second-order valence-electron chi connectivity index (χ2n) is 4.53. The maximum Gasteiger partial charge on any atom is 0.263 e. The number of benzene rings is 1. The third-order valence-corrected chi connectivity index (χ3v) is 5.98. The highest BCUT2D eigenvalue weighted by Gasteiger charge is 2.21. The Kier molecular flexibility index (Phi) is 3.35. The molecule has 2 aromatic rings. The summed E-state index contributed by atoms with van der Waals surface area (Å²) in [4.78, 5) is 5.56. The Morgan fingerprint density at radius 1 is 1.35 bits per heavy atom. The van der Waals surface area contributed by atoms with Gasteiger partial charge in [-0.15, -0.1) is 11.3 Å². The molecule has 0 bridgehead atoms. The van der Waals surface area contributed by atoms with Crippen LogP contribution in [0, 0.1) is 0 Å². The van der Waals surface area contributed by atoms with Gasteiger partial charge in [0, 0.05) is 4.88 Å². The first-order chi connectivity index (χ1) is 9.45. The molecular formula is C12H12ClN3O2S2. The predicted molar refractivity (Wildman–Crippen MR) is 80.8 cm³/mol. The lowest BCUT2D eigenvalue weighted by molar-refractivity contribution is 0.601. The molecular weight excluding hydrogens is 318 g/mol. The van der Waals surface area contributed by atoms with E-state index in [2.05, 4.69) is 9.71 Å². The van der Waals surface area contributed by atoms with E-state index in [4.69, 9.17) is 17.3 Å². The molecule has 0 atom stereocenters. The molecule has 1 aromatic heterocycles. The lowest BCUT2D eigenvalue weighted by Crippen LogP contribution is -2.13. The van der Waals surface area contributed by atoms with Crippen molar-refractivity contribution < 1.29 is 8.42 Å². The number of fused-ring (bicyclic) bond motifs is 1. The molecule has 0 radical (unpaired) electrons. The highest BCUT2D eigenvalue weighted by Crippen LogP contribution is 2.32. The molecule has 0 amide bonds. The van der Waals surface area contributed by atoms with Crippen molar-refractivity contribution in [3.8, 4) is 0 Å². The molecule has 1 aliphatic carbocycles. The fourth-order valence-corrected chi connectivity index (χ4v) is 4.53. The molecule has 0 aliphatic heterocycles. The van der Waals surface area contributed by atoms with Gasteiger partial charge in [0.2, 0.25) is 0 Å². The molecule has 0 saturated carbocycles. The Labute approximate surface area is 125 Å². The van der Waals surface area contributed by atoms with Crippen LogP contribution in [0.5, 0.6) is 0 Å². The second-order valence-corrected chi connectivity index (χ2v) is 7.70. The third-order valence-electron chi connectivity index (χ3n) is 3.10. The number of hydrogen-bond donors (Lipinski definition) is 2. The average Bonchev–Trinajstić information content (AvgIpc) is 2.92. The van der Waals surface area contributed by atoms with Crippen molar-refractivity contribution in [1.82, 2.24) is 4.98 Å². The van der Waals surface area contributed by atoms with E-state index in [1.807, 2.05) is 0 Å². The molecule has 3 N–H and O–H groups in total. The molecule has 1 aliphatic rings. The van der Waals surface area contributed by atoms with Crippen molar-refractivity contribution in [2.75, 3.05) is 10.5 Å². The molecule has 106 valence electrons. The Hall–Kier alpha value is -1.31. The summed E-state index contributed by atoms with van der Waals surface area (Å²) in [6.45, 7) is 0. The summed E-state index contributed by atoms with van der Waals surface area (Å²) < 4.78 is 27.0. The molecule has 20 heavy (non-hydrogen) atoms. The Morgan fingerprint density at radius 2 is 2.15 bits per heavy atom. The van der Waals surface area contributed by atoms with E-state index in [1.165, 1.54) is 34.4 Å². The minimum absolute atomic E-state index is 0.0785. The molecule has 8 heteroatoms. The predicted octanol–water partition coefficient (Wildman–Crippen LogP) is 2.67. The van der Waals surface area contributed by atoms with E-state index in [0.717, 1.165) is 25.0 Å². The SMILES string of the molecule is Nc1cc(S(=O)(=O)Nc2nc3c(s2)CCC3)ccc1Cl. The van der Waals surface area contributed by atoms with Crippen molar-refractivity contribution in [3.63, 3.8) is 0 Å². The van der Waals surface area contributed by atoms with Crippen LogP contribution in [-0.2, 0) is 22.9 Å². The number of hydrogen-bond acceptors (Lipinski definition) is 5. The molecule has 1 aromatic carbocycles. The number of thiazole rings is 1. The number of nitrogens with one attached hydrogen (secondary N) is 1. The molecule has 5 nitrogen and oxygen atoms in total. The zero-order valence-electron chi connectivity index (χ0n) is 10.4. The number of halogens is 1. The zero-order chi connectivity index (χ0) is 14.3. The van der Waals surface area contributed by atoms with Gasteiger partial charge in [0.05, 0.1) is 21.3 Å². The normalized spacial score (nSPS) is 14.2. The van der Waals surface area contributed by atoms with Crippen LogP contribution in [0.4, 0.5) is 10.8 Å². The highest BCUT2D eigenvalue weighted by molar-refractivity contribution is 7.93. The van der Waals surface area contributed by atoms with Gasteiger partial charge < -0.3 is 5.73 Å². The summed E-state index contributed by atoms with van der Waals surface area (Å²) in [5.74, 6) is 0. The van der Waals surface area contributed by atoms with Crippen LogP contribution in [0.1, 0.15) is 17.0 Å². The van der Waals surface area contributed by atoms with Gasteiger partial charge in [-0.1, -0.05) is 11.6 Å². The fourth-order valence-electron chi connectivity index (χ4n) is 2.10. The lowest BCUT2D eigenvalue weighted by atomic mass is 10.3. The maximum absolute atomic E-state index is 12.2.